The van der Waals surface area contributed by atoms with Crippen LogP contribution in [-0.2, 0) is 9.59 Å². The first-order valence-electron chi connectivity index (χ1n) is 6.67. The van der Waals surface area contributed by atoms with E-state index in [-0.39, 0.29) is 5.91 Å². The molecule has 1 aliphatic rings. The molecule has 2 N–H and O–H groups in total. The zero-order chi connectivity index (χ0) is 17.7. The van der Waals surface area contributed by atoms with E-state index in [1.54, 1.807) is 11.1 Å². The number of carboxylic acid groups (broad SMARTS) is 1. The van der Waals surface area contributed by atoms with Gasteiger partial charge in [-0.3, -0.25) is 9.69 Å². The fourth-order valence-corrected chi connectivity index (χ4v) is 1.86. The number of nitrogens with zero attached hydrogens (tertiary/aromatic N) is 4. The van der Waals surface area contributed by atoms with Crippen molar-refractivity contribution in [1.29, 1.82) is 0 Å². The summed E-state index contributed by atoms with van der Waals surface area (Å²) in [4.78, 5) is 34.7. The van der Waals surface area contributed by atoms with Crippen LogP contribution in [-0.4, -0.2) is 57.7 Å². The first-order chi connectivity index (χ1) is 11.3. The summed E-state index contributed by atoms with van der Waals surface area (Å²) in [6.45, 7) is 1.80. The molecule has 0 saturated carbocycles. The first-order valence-corrected chi connectivity index (χ1v) is 6.67. The van der Waals surface area contributed by atoms with Crippen molar-refractivity contribution >= 4 is 28.7 Å². The summed E-state index contributed by atoms with van der Waals surface area (Å²) >= 11 is 0. The molecule has 1 fully saturated rings. The van der Waals surface area contributed by atoms with Crippen LogP contribution in [0.5, 0.6) is 0 Å². The number of piperazine rings is 1. The molecule has 11 heteroatoms. The Labute approximate surface area is 133 Å². The number of alkyl halides is 3. The molecule has 0 bridgehead atoms. The zero-order valence-corrected chi connectivity index (χ0v) is 12.1. The highest BCUT2D eigenvalue weighted by molar-refractivity contribution is 5.95. The van der Waals surface area contributed by atoms with Crippen LogP contribution in [0.25, 0.3) is 11.0 Å². The number of halogens is 3. The van der Waals surface area contributed by atoms with Gasteiger partial charge in [0.1, 0.15) is 17.7 Å². The molecule has 1 aliphatic heterocycles. The number of fused-ring (bicyclic) bond motifs is 1. The van der Waals surface area contributed by atoms with Gasteiger partial charge in [-0.25, -0.2) is 19.7 Å². The van der Waals surface area contributed by atoms with Gasteiger partial charge in [-0.1, -0.05) is 0 Å². The second-order valence-corrected chi connectivity index (χ2v) is 4.62. The largest absolute Gasteiger partial charge is 0.490 e. The third kappa shape index (κ3) is 4.35. The predicted octanol–water partition coefficient (Wildman–Crippen LogP) is 0.594. The second-order valence-electron chi connectivity index (χ2n) is 4.62. The lowest BCUT2D eigenvalue weighted by molar-refractivity contribution is -0.192. The van der Waals surface area contributed by atoms with Gasteiger partial charge >= 0.3 is 12.1 Å². The summed E-state index contributed by atoms with van der Waals surface area (Å²) in [5.41, 5.74) is 1.49. The van der Waals surface area contributed by atoms with Gasteiger partial charge in [0.05, 0.1) is 18.3 Å². The van der Waals surface area contributed by atoms with Crippen LogP contribution in [0.15, 0.2) is 24.7 Å². The van der Waals surface area contributed by atoms with Gasteiger partial charge in [-0.15, -0.1) is 0 Å². The van der Waals surface area contributed by atoms with Crippen molar-refractivity contribution in [2.24, 2.45) is 0 Å². The predicted molar refractivity (Wildman–Crippen MR) is 76.2 cm³/mol. The van der Waals surface area contributed by atoms with E-state index < -0.39 is 12.1 Å². The molecule has 0 atom stereocenters. The SMILES string of the molecule is O=C(O)C(F)(F)F.O=C1CNCCN1c1ccc2ncncc2n1. The van der Waals surface area contributed by atoms with Crippen LogP contribution >= 0.6 is 0 Å². The van der Waals surface area contributed by atoms with E-state index in [0.29, 0.717) is 24.4 Å². The Morgan fingerprint density at radius 1 is 1.29 bits per heavy atom. The van der Waals surface area contributed by atoms with E-state index in [0.717, 1.165) is 12.1 Å². The Kier molecular flexibility index (Phi) is 5.24. The van der Waals surface area contributed by atoms with E-state index in [4.69, 9.17) is 9.90 Å². The molecule has 8 nitrogen and oxygen atoms in total. The lowest BCUT2D eigenvalue weighted by atomic mass is 10.3. The van der Waals surface area contributed by atoms with Gasteiger partial charge < -0.3 is 10.4 Å². The Balaban J connectivity index is 0.000000256. The topological polar surface area (TPSA) is 108 Å². The third-order valence-electron chi connectivity index (χ3n) is 2.96. The molecule has 0 aromatic carbocycles. The van der Waals surface area contributed by atoms with E-state index >= 15 is 0 Å². The van der Waals surface area contributed by atoms with E-state index in [2.05, 4.69) is 20.3 Å². The zero-order valence-electron chi connectivity index (χ0n) is 12.1. The minimum Gasteiger partial charge on any atom is -0.475 e. The number of amides is 1. The monoisotopic (exact) mass is 343 g/mol. The first kappa shape index (κ1) is 17.5. The molecule has 0 radical (unpaired) electrons. The van der Waals surface area contributed by atoms with Crippen LogP contribution < -0.4 is 10.2 Å². The average Bonchev–Trinajstić information content (AvgIpc) is 2.54. The lowest BCUT2D eigenvalue weighted by Crippen LogP contribution is -2.48. The van der Waals surface area contributed by atoms with Crippen LogP contribution in [0, 0.1) is 0 Å². The number of rotatable bonds is 1. The van der Waals surface area contributed by atoms with E-state index in [9.17, 15) is 18.0 Å². The molecular weight excluding hydrogens is 331 g/mol. The van der Waals surface area contributed by atoms with Crippen molar-refractivity contribution in [1.82, 2.24) is 20.3 Å². The number of carboxylic acids is 1. The number of aromatic nitrogens is 3. The van der Waals surface area contributed by atoms with Gasteiger partial charge in [0.25, 0.3) is 0 Å². The third-order valence-corrected chi connectivity index (χ3v) is 2.96. The van der Waals surface area contributed by atoms with Crippen LogP contribution in [0.2, 0.25) is 0 Å². The standard InChI is InChI=1S/C11H11N5O.C2HF3O2/c17-11-6-12-3-4-16(11)10-2-1-8-9(15-10)5-13-7-14-8;3-2(4,5)1(6)7/h1-2,5,7,12H,3-4,6H2;(H,6,7). The maximum absolute atomic E-state index is 11.7. The van der Waals surface area contributed by atoms with Gasteiger partial charge in [-0.2, -0.15) is 13.2 Å². The molecular formula is C13H12F3N5O3. The van der Waals surface area contributed by atoms with Crippen molar-refractivity contribution in [3.8, 4) is 0 Å². The molecule has 0 aliphatic carbocycles. The highest BCUT2D eigenvalue weighted by Gasteiger charge is 2.38. The summed E-state index contributed by atoms with van der Waals surface area (Å²) < 4.78 is 31.7. The van der Waals surface area contributed by atoms with Crippen molar-refractivity contribution < 1.29 is 27.9 Å². The van der Waals surface area contributed by atoms with Crippen molar-refractivity contribution in [3.63, 3.8) is 0 Å². The Morgan fingerprint density at radius 2 is 2.00 bits per heavy atom. The molecule has 0 unspecified atom stereocenters. The highest BCUT2D eigenvalue weighted by atomic mass is 19.4. The van der Waals surface area contributed by atoms with Gasteiger partial charge in [0.15, 0.2) is 0 Å². The van der Waals surface area contributed by atoms with Gasteiger partial charge in [-0.05, 0) is 12.1 Å². The Bertz CT molecular complexity index is 753. The molecule has 2 aromatic rings. The number of hydrogen-bond acceptors (Lipinski definition) is 6. The van der Waals surface area contributed by atoms with Crippen LogP contribution in [0.3, 0.4) is 0 Å². The molecule has 128 valence electrons. The molecule has 2 aromatic heterocycles. The summed E-state index contributed by atoms with van der Waals surface area (Å²) in [6, 6.07) is 3.67. The molecule has 1 saturated heterocycles. The lowest BCUT2D eigenvalue weighted by Gasteiger charge is -2.26. The molecule has 3 heterocycles. The maximum Gasteiger partial charge on any atom is 0.490 e. The van der Waals surface area contributed by atoms with E-state index in [1.165, 1.54) is 6.33 Å². The van der Waals surface area contributed by atoms with Gasteiger partial charge in [0.2, 0.25) is 5.91 Å². The number of aliphatic carboxylic acids is 1. The Hall–Kier alpha value is -2.82. The number of nitrogens with one attached hydrogen (secondary N) is 1. The molecule has 1 amide bonds. The number of carbonyl (C=O) groups excluding carboxylic acids is 1. The number of carbonyl (C=O) groups is 2. The van der Waals surface area contributed by atoms with E-state index in [1.807, 2.05) is 12.1 Å². The van der Waals surface area contributed by atoms with Crippen molar-refractivity contribution in [2.45, 2.75) is 6.18 Å². The molecule has 24 heavy (non-hydrogen) atoms. The summed E-state index contributed by atoms with van der Waals surface area (Å²) in [6.07, 6.45) is -1.95. The fraction of sp³-hybridized carbons (Fsp3) is 0.308. The fourth-order valence-electron chi connectivity index (χ4n) is 1.86. The maximum atomic E-state index is 11.7. The summed E-state index contributed by atoms with van der Waals surface area (Å²) in [5, 5.41) is 10.2. The quantitative estimate of drug-likeness (QED) is 0.780. The highest BCUT2D eigenvalue weighted by Crippen LogP contribution is 2.16. The van der Waals surface area contributed by atoms with Gasteiger partial charge in [0, 0.05) is 13.1 Å². The summed E-state index contributed by atoms with van der Waals surface area (Å²) in [5.74, 6) is -2.05. The van der Waals surface area contributed by atoms with Crippen molar-refractivity contribution in [2.75, 3.05) is 24.5 Å². The van der Waals surface area contributed by atoms with Crippen LogP contribution in [0.4, 0.5) is 19.0 Å². The minimum atomic E-state index is -5.08. The van der Waals surface area contributed by atoms with Crippen LogP contribution in [0.1, 0.15) is 0 Å². The smallest absolute Gasteiger partial charge is 0.475 e. The molecule has 0 spiro atoms. The molecule has 3 rings (SSSR count). The average molecular weight is 343 g/mol. The number of pyridine rings is 1. The minimum absolute atomic E-state index is 0.0416. The van der Waals surface area contributed by atoms with Crippen molar-refractivity contribution in [3.05, 3.63) is 24.7 Å². The number of hydrogen-bond donors (Lipinski definition) is 2. The number of anilines is 1. The second kappa shape index (κ2) is 7.17. The summed E-state index contributed by atoms with van der Waals surface area (Å²) in [7, 11) is 0. The normalized spacial score (nSPS) is 15.0. The Morgan fingerprint density at radius 3 is 2.62 bits per heavy atom.